The Kier molecular flexibility index (Phi) is 20.9. The molecule has 0 aliphatic heterocycles. The molecule has 0 aromatic heterocycles. The van der Waals surface area contributed by atoms with E-state index in [1.165, 1.54) is 22.3 Å². The lowest BCUT2D eigenvalue weighted by atomic mass is 10.0. The summed E-state index contributed by atoms with van der Waals surface area (Å²) in [6, 6.07) is 0. The maximum atomic E-state index is 10.5. The van der Waals surface area contributed by atoms with Crippen LogP contribution in [-0.2, 0) is 4.79 Å². The predicted molar refractivity (Wildman–Crippen MR) is 125 cm³/mol. The van der Waals surface area contributed by atoms with Gasteiger partial charge in [-0.3, -0.25) is 4.79 Å². The summed E-state index contributed by atoms with van der Waals surface area (Å²) in [6.07, 6.45) is 15.6. The second-order valence-corrected chi connectivity index (χ2v) is 8.00. The number of hydrogen-bond acceptors (Lipinski definition) is 4. The molecule has 30 heavy (non-hydrogen) atoms. The molecule has 0 spiro atoms. The molecule has 0 unspecified atom stereocenters. The zero-order valence-electron chi connectivity index (χ0n) is 19.7. The highest BCUT2D eigenvalue weighted by atomic mass is 16.4. The van der Waals surface area contributed by atoms with Crippen molar-refractivity contribution in [3.63, 3.8) is 0 Å². The fraction of sp³-hybridized carbons (Fsp3) is 0.640. The van der Waals surface area contributed by atoms with E-state index >= 15 is 0 Å². The normalized spacial score (nSPS) is 12.5. The molecule has 0 aliphatic rings. The van der Waals surface area contributed by atoms with Crippen molar-refractivity contribution >= 4 is 5.97 Å². The first-order valence-corrected chi connectivity index (χ1v) is 10.8. The molecule has 0 heterocycles. The SMILES string of the molecule is CC(C)=CCC/C(C)=C/CCC(C)=CCC/C(C)=C/CCC(=O)O.OCC(O)CO. The molecule has 0 saturated heterocycles. The zero-order chi connectivity index (χ0) is 23.4. The van der Waals surface area contributed by atoms with Gasteiger partial charge in [-0.1, -0.05) is 46.6 Å². The maximum absolute atomic E-state index is 10.5. The molecule has 0 aliphatic carbocycles. The third kappa shape index (κ3) is 24.3. The van der Waals surface area contributed by atoms with Gasteiger partial charge in [-0.15, -0.1) is 0 Å². The summed E-state index contributed by atoms with van der Waals surface area (Å²) in [6.45, 7) is 10.1. The summed E-state index contributed by atoms with van der Waals surface area (Å²) < 4.78 is 0. The Morgan fingerprint density at radius 1 is 0.667 bits per heavy atom. The number of carboxylic acids is 1. The van der Waals surface area contributed by atoms with E-state index in [2.05, 4.69) is 58.9 Å². The molecule has 0 aromatic rings. The number of aliphatic carboxylic acids is 1. The van der Waals surface area contributed by atoms with Crippen LogP contribution in [0.25, 0.3) is 0 Å². The average Bonchev–Trinajstić information content (AvgIpc) is 2.67. The molecule has 0 radical (unpaired) electrons. The third-order valence-corrected chi connectivity index (χ3v) is 4.43. The van der Waals surface area contributed by atoms with Crippen LogP contribution in [0.15, 0.2) is 46.6 Å². The Bertz CT molecular complexity index is 562. The molecule has 0 atom stereocenters. The number of rotatable bonds is 14. The molecule has 0 amide bonds. The van der Waals surface area contributed by atoms with Gasteiger partial charge in [-0.05, 0) is 79.6 Å². The lowest BCUT2D eigenvalue weighted by Crippen LogP contribution is -2.15. The van der Waals surface area contributed by atoms with Gasteiger partial charge >= 0.3 is 5.97 Å². The number of hydrogen-bond donors (Lipinski definition) is 4. The predicted octanol–water partition coefficient (Wildman–Crippen LogP) is 5.33. The summed E-state index contributed by atoms with van der Waals surface area (Å²) in [5, 5.41) is 32.6. The highest BCUT2D eigenvalue weighted by Crippen LogP contribution is 2.13. The van der Waals surface area contributed by atoms with Crippen molar-refractivity contribution in [1.29, 1.82) is 0 Å². The van der Waals surface area contributed by atoms with Gasteiger partial charge in [0.05, 0.1) is 13.2 Å². The highest BCUT2D eigenvalue weighted by molar-refractivity contribution is 5.66. The highest BCUT2D eigenvalue weighted by Gasteiger charge is 1.96. The number of carboxylic acid groups (broad SMARTS) is 1. The molecule has 0 fully saturated rings. The van der Waals surface area contributed by atoms with E-state index in [0.717, 1.165) is 38.5 Å². The molecular formula is C25H44O5. The van der Waals surface area contributed by atoms with Crippen molar-refractivity contribution in [3.05, 3.63) is 46.6 Å². The summed E-state index contributed by atoms with van der Waals surface area (Å²) in [4.78, 5) is 10.5. The Morgan fingerprint density at radius 3 is 1.27 bits per heavy atom. The van der Waals surface area contributed by atoms with Crippen molar-refractivity contribution in [2.24, 2.45) is 0 Å². The average molecular weight is 425 g/mol. The van der Waals surface area contributed by atoms with Crippen molar-refractivity contribution in [2.75, 3.05) is 13.2 Å². The summed E-state index contributed by atoms with van der Waals surface area (Å²) in [7, 11) is 0. The van der Waals surface area contributed by atoms with Gasteiger partial charge in [0, 0.05) is 6.42 Å². The molecular weight excluding hydrogens is 380 g/mol. The molecule has 0 aromatic carbocycles. The van der Waals surface area contributed by atoms with Crippen molar-refractivity contribution in [3.8, 4) is 0 Å². The van der Waals surface area contributed by atoms with Crippen LogP contribution in [0, 0.1) is 0 Å². The summed E-state index contributed by atoms with van der Waals surface area (Å²) in [5.41, 5.74) is 5.61. The second kappa shape index (κ2) is 20.6. The van der Waals surface area contributed by atoms with Crippen molar-refractivity contribution in [1.82, 2.24) is 0 Å². The lowest BCUT2D eigenvalue weighted by Gasteiger charge is -2.02. The molecule has 5 heteroatoms. The van der Waals surface area contributed by atoms with E-state index in [-0.39, 0.29) is 19.6 Å². The van der Waals surface area contributed by atoms with Crippen LogP contribution in [0.3, 0.4) is 0 Å². The van der Waals surface area contributed by atoms with Gasteiger partial charge < -0.3 is 20.4 Å². The minimum atomic E-state index is -0.954. The summed E-state index contributed by atoms with van der Waals surface area (Å²) >= 11 is 0. The quantitative estimate of drug-likeness (QED) is 0.283. The second-order valence-electron chi connectivity index (χ2n) is 8.00. The molecule has 0 bridgehead atoms. The van der Waals surface area contributed by atoms with Crippen LogP contribution in [0.2, 0.25) is 0 Å². The van der Waals surface area contributed by atoms with Crippen LogP contribution in [-0.4, -0.2) is 45.7 Å². The largest absolute Gasteiger partial charge is 0.481 e. The van der Waals surface area contributed by atoms with E-state index in [4.69, 9.17) is 20.4 Å². The first kappa shape index (κ1) is 30.5. The van der Waals surface area contributed by atoms with Crippen LogP contribution < -0.4 is 0 Å². The van der Waals surface area contributed by atoms with Gasteiger partial charge in [-0.25, -0.2) is 0 Å². The Balaban J connectivity index is 0. The zero-order valence-corrected chi connectivity index (χ0v) is 19.7. The molecule has 5 nitrogen and oxygen atoms in total. The topological polar surface area (TPSA) is 98.0 Å². The van der Waals surface area contributed by atoms with E-state index in [1.54, 1.807) is 0 Å². The standard InChI is InChI=1S/C22H36O2.C3H8O3/c1-18(2)10-6-11-19(3)12-7-13-20(4)14-8-15-21(5)16-9-17-22(23)24;4-1-3(6)2-5/h10,12,14,16H,6-9,11,13,15,17H2,1-5H3,(H,23,24);3-6H,1-2H2/b19-12+,20-14?,21-16+;. The van der Waals surface area contributed by atoms with Crippen molar-refractivity contribution < 1.29 is 25.2 Å². The molecule has 4 N–H and O–H groups in total. The number of aliphatic hydroxyl groups excluding tert-OH is 3. The Labute approximate surface area is 183 Å². The fourth-order valence-corrected chi connectivity index (χ4v) is 2.49. The first-order chi connectivity index (χ1) is 14.1. The summed E-state index contributed by atoms with van der Waals surface area (Å²) in [5.74, 6) is -0.723. The maximum Gasteiger partial charge on any atom is 0.303 e. The van der Waals surface area contributed by atoms with Crippen LogP contribution in [0.5, 0.6) is 0 Å². The molecule has 174 valence electrons. The van der Waals surface area contributed by atoms with E-state index in [9.17, 15) is 4.79 Å². The van der Waals surface area contributed by atoms with Crippen molar-refractivity contribution in [2.45, 2.75) is 92.1 Å². The van der Waals surface area contributed by atoms with E-state index < -0.39 is 12.1 Å². The Hall–Kier alpha value is -1.69. The first-order valence-electron chi connectivity index (χ1n) is 10.8. The number of allylic oxidation sites excluding steroid dienone is 8. The van der Waals surface area contributed by atoms with Gasteiger partial charge in [-0.2, -0.15) is 0 Å². The van der Waals surface area contributed by atoms with Gasteiger partial charge in [0.2, 0.25) is 0 Å². The number of aliphatic hydroxyl groups is 3. The molecule has 0 rings (SSSR count). The third-order valence-electron chi connectivity index (χ3n) is 4.43. The number of carbonyl (C=O) groups is 1. The van der Waals surface area contributed by atoms with Gasteiger partial charge in [0.1, 0.15) is 6.10 Å². The monoisotopic (exact) mass is 424 g/mol. The van der Waals surface area contributed by atoms with Gasteiger partial charge in [0.15, 0.2) is 0 Å². The van der Waals surface area contributed by atoms with Crippen LogP contribution in [0.1, 0.15) is 86.0 Å². The minimum Gasteiger partial charge on any atom is -0.481 e. The molecule has 0 saturated carbocycles. The van der Waals surface area contributed by atoms with Crippen LogP contribution >= 0.6 is 0 Å². The minimum absolute atomic E-state index is 0.228. The Morgan fingerprint density at radius 2 is 1.00 bits per heavy atom. The smallest absolute Gasteiger partial charge is 0.303 e. The fourth-order valence-electron chi connectivity index (χ4n) is 2.49. The van der Waals surface area contributed by atoms with Crippen LogP contribution in [0.4, 0.5) is 0 Å². The van der Waals surface area contributed by atoms with E-state index in [0.29, 0.717) is 6.42 Å². The van der Waals surface area contributed by atoms with Gasteiger partial charge in [0.25, 0.3) is 0 Å². The lowest BCUT2D eigenvalue weighted by molar-refractivity contribution is -0.136. The van der Waals surface area contributed by atoms with E-state index in [1.807, 2.05) is 0 Å².